The van der Waals surface area contributed by atoms with Crippen LogP contribution in [0.15, 0.2) is 30.0 Å². The van der Waals surface area contributed by atoms with Crippen LogP contribution in [-0.4, -0.2) is 48.9 Å². The van der Waals surface area contributed by atoms with Gasteiger partial charge >= 0.3 is 0 Å². The highest BCUT2D eigenvalue weighted by molar-refractivity contribution is 6.34. The van der Waals surface area contributed by atoms with Gasteiger partial charge in [-0.15, -0.1) is 0 Å². The number of nitrogens with zero attached hydrogens (tertiary/aromatic N) is 3. The second-order valence-electron chi connectivity index (χ2n) is 5.19. The maximum atomic E-state index is 12.2. The number of carbonyl (C=O) groups is 1. The third-order valence-electron chi connectivity index (χ3n) is 3.46. The highest BCUT2D eigenvalue weighted by Gasteiger charge is 2.16. The third-order valence-corrected chi connectivity index (χ3v) is 3.77. The molecule has 1 aromatic rings. The summed E-state index contributed by atoms with van der Waals surface area (Å²) in [5, 5.41) is 12.2. The molecule has 2 rings (SSSR count). The zero-order chi connectivity index (χ0) is 16.1. The van der Waals surface area contributed by atoms with Gasteiger partial charge in [0.1, 0.15) is 11.6 Å². The van der Waals surface area contributed by atoms with Gasteiger partial charge in [0.05, 0.1) is 10.7 Å². The smallest absolute Gasteiger partial charge is 0.267 e. The standard InChI is InChI=1S/C15H18ClN5O/c1-20-4-6-21(7-5-20)10-11(9-17)15(22)19-14-3-2-12(18)8-13(14)16/h2-3,8,10H,4-7,18H2,1H3,(H,19,22)/b11-10-. The molecular formula is C15H18ClN5O. The molecule has 3 N–H and O–H groups in total. The molecule has 6 nitrogen and oxygen atoms in total. The van der Waals surface area contributed by atoms with Crippen LogP contribution in [0.4, 0.5) is 11.4 Å². The van der Waals surface area contributed by atoms with Crippen LogP contribution in [0, 0.1) is 11.3 Å². The summed E-state index contributed by atoms with van der Waals surface area (Å²) in [5.41, 5.74) is 6.60. The van der Waals surface area contributed by atoms with Crippen molar-refractivity contribution in [1.29, 1.82) is 5.26 Å². The fourth-order valence-corrected chi connectivity index (χ4v) is 2.33. The van der Waals surface area contributed by atoms with E-state index in [1.54, 1.807) is 24.4 Å². The topological polar surface area (TPSA) is 85.4 Å². The quantitative estimate of drug-likeness (QED) is 0.501. The number of nitrogens with two attached hydrogens (primary N) is 1. The van der Waals surface area contributed by atoms with E-state index in [0.29, 0.717) is 16.4 Å². The van der Waals surface area contributed by atoms with Gasteiger partial charge in [0, 0.05) is 38.1 Å². The van der Waals surface area contributed by atoms with Gasteiger partial charge in [0.2, 0.25) is 0 Å². The average Bonchev–Trinajstić information content (AvgIpc) is 2.49. The lowest BCUT2D eigenvalue weighted by atomic mass is 10.2. The minimum Gasteiger partial charge on any atom is -0.399 e. The molecule has 22 heavy (non-hydrogen) atoms. The number of rotatable bonds is 3. The Morgan fingerprint density at radius 3 is 2.68 bits per heavy atom. The van der Waals surface area contributed by atoms with Crippen molar-refractivity contribution in [2.75, 3.05) is 44.3 Å². The van der Waals surface area contributed by atoms with Crippen molar-refractivity contribution >= 4 is 28.9 Å². The second-order valence-corrected chi connectivity index (χ2v) is 5.59. The maximum absolute atomic E-state index is 12.2. The Labute approximate surface area is 134 Å². The normalized spacial score (nSPS) is 16.2. The van der Waals surface area contributed by atoms with E-state index in [2.05, 4.69) is 10.2 Å². The Balaban J connectivity index is 2.07. The molecule has 1 aliphatic heterocycles. The molecule has 0 spiro atoms. The lowest BCUT2D eigenvalue weighted by Gasteiger charge is -2.31. The molecule has 1 fully saturated rings. The van der Waals surface area contributed by atoms with Crippen molar-refractivity contribution in [2.24, 2.45) is 0 Å². The molecule has 0 saturated carbocycles. The van der Waals surface area contributed by atoms with Crippen LogP contribution in [0.3, 0.4) is 0 Å². The number of hydrogen-bond acceptors (Lipinski definition) is 5. The number of nitrogen functional groups attached to an aromatic ring is 1. The van der Waals surface area contributed by atoms with E-state index in [0.717, 1.165) is 26.2 Å². The van der Waals surface area contributed by atoms with Crippen molar-refractivity contribution < 1.29 is 4.79 Å². The predicted molar refractivity (Wildman–Crippen MR) is 87.3 cm³/mol. The number of likely N-dealkylation sites (N-methyl/N-ethyl adjacent to an activating group) is 1. The first-order valence-electron chi connectivity index (χ1n) is 6.90. The number of anilines is 2. The van der Waals surface area contributed by atoms with E-state index in [9.17, 15) is 10.1 Å². The van der Waals surface area contributed by atoms with E-state index < -0.39 is 5.91 Å². The monoisotopic (exact) mass is 319 g/mol. The predicted octanol–water partition coefficient (Wildman–Crippen LogP) is 1.52. The molecule has 0 radical (unpaired) electrons. The lowest BCUT2D eigenvalue weighted by Crippen LogP contribution is -2.42. The molecule has 0 atom stereocenters. The van der Waals surface area contributed by atoms with Crippen LogP contribution in [0.2, 0.25) is 5.02 Å². The summed E-state index contributed by atoms with van der Waals surface area (Å²) in [7, 11) is 2.04. The second kappa shape index (κ2) is 7.16. The number of carbonyl (C=O) groups excluding carboxylic acids is 1. The SMILES string of the molecule is CN1CCN(/C=C(/C#N)C(=O)Nc2ccc(N)cc2Cl)CC1. The molecule has 1 heterocycles. The molecule has 0 bridgehead atoms. The summed E-state index contributed by atoms with van der Waals surface area (Å²) in [5.74, 6) is -0.479. The zero-order valence-electron chi connectivity index (χ0n) is 12.3. The van der Waals surface area contributed by atoms with Gasteiger partial charge in [-0.25, -0.2) is 0 Å². The first-order chi connectivity index (χ1) is 10.5. The van der Waals surface area contributed by atoms with Crippen molar-refractivity contribution in [1.82, 2.24) is 9.80 Å². The number of nitriles is 1. The van der Waals surface area contributed by atoms with Gasteiger partial charge in [-0.2, -0.15) is 5.26 Å². The number of piperazine rings is 1. The van der Waals surface area contributed by atoms with Crippen LogP contribution in [0.5, 0.6) is 0 Å². The highest BCUT2D eigenvalue weighted by atomic mass is 35.5. The number of halogens is 1. The molecule has 7 heteroatoms. The molecule has 1 amide bonds. The van der Waals surface area contributed by atoms with Crippen LogP contribution in [0.1, 0.15) is 0 Å². The summed E-state index contributed by atoms with van der Waals surface area (Å²) in [6.45, 7) is 3.39. The largest absolute Gasteiger partial charge is 0.399 e. The molecule has 116 valence electrons. The molecule has 1 aromatic carbocycles. The first kappa shape index (κ1) is 16.1. The molecule has 0 unspecified atom stereocenters. The Morgan fingerprint density at radius 1 is 1.41 bits per heavy atom. The first-order valence-corrected chi connectivity index (χ1v) is 7.28. The van der Waals surface area contributed by atoms with Gasteiger partial charge in [-0.3, -0.25) is 4.79 Å². The molecule has 1 saturated heterocycles. The van der Waals surface area contributed by atoms with E-state index in [-0.39, 0.29) is 5.57 Å². The summed E-state index contributed by atoms with van der Waals surface area (Å²) in [6.07, 6.45) is 1.60. The van der Waals surface area contributed by atoms with Crippen LogP contribution < -0.4 is 11.1 Å². The Bertz CT molecular complexity index is 629. The van der Waals surface area contributed by atoms with Gasteiger partial charge in [0.25, 0.3) is 5.91 Å². The fraction of sp³-hybridized carbons (Fsp3) is 0.333. The van der Waals surface area contributed by atoms with Gasteiger partial charge < -0.3 is 20.9 Å². The van der Waals surface area contributed by atoms with Crippen molar-refractivity contribution in [3.63, 3.8) is 0 Å². The Hall–Kier alpha value is -2.23. The van der Waals surface area contributed by atoms with Gasteiger partial charge in [-0.05, 0) is 25.2 Å². The maximum Gasteiger partial charge on any atom is 0.267 e. The van der Waals surface area contributed by atoms with Gasteiger partial charge in [-0.1, -0.05) is 11.6 Å². The molecule has 0 aliphatic carbocycles. The van der Waals surface area contributed by atoms with E-state index in [1.165, 1.54) is 0 Å². The Morgan fingerprint density at radius 2 is 2.09 bits per heavy atom. The third kappa shape index (κ3) is 4.13. The fourth-order valence-electron chi connectivity index (χ4n) is 2.09. The van der Waals surface area contributed by atoms with Crippen molar-refractivity contribution in [2.45, 2.75) is 0 Å². The minimum atomic E-state index is -0.479. The van der Waals surface area contributed by atoms with Crippen LogP contribution in [0.25, 0.3) is 0 Å². The Kier molecular flexibility index (Phi) is 5.26. The van der Waals surface area contributed by atoms with Crippen molar-refractivity contribution in [3.05, 3.63) is 35.0 Å². The minimum absolute atomic E-state index is 0.0532. The molecule has 0 aromatic heterocycles. The number of hydrogen-bond donors (Lipinski definition) is 2. The summed E-state index contributed by atoms with van der Waals surface area (Å²) in [6, 6.07) is 6.73. The van der Waals surface area contributed by atoms with Crippen molar-refractivity contribution in [3.8, 4) is 6.07 Å². The summed E-state index contributed by atoms with van der Waals surface area (Å²) in [4.78, 5) is 16.4. The van der Waals surface area contributed by atoms with E-state index >= 15 is 0 Å². The van der Waals surface area contributed by atoms with Crippen LogP contribution >= 0.6 is 11.6 Å². The number of amides is 1. The van der Waals surface area contributed by atoms with E-state index in [1.807, 2.05) is 18.0 Å². The molecule has 1 aliphatic rings. The van der Waals surface area contributed by atoms with Crippen LogP contribution in [-0.2, 0) is 4.79 Å². The molecular weight excluding hydrogens is 302 g/mol. The van der Waals surface area contributed by atoms with Gasteiger partial charge in [0.15, 0.2) is 0 Å². The summed E-state index contributed by atoms with van der Waals surface area (Å²) >= 11 is 6.02. The number of nitrogens with one attached hydrogen (secondary N) is 1. The average molecular weight is 320 g/mol. The van der Waals surface area contributed by atoms with E-state index in [4.69, 9.17) is 17.3 Å². The lowest BCUT2D eigenvalue weighted by molar-refractivity contribution is -0.112. The highest BCUT2D eigenvalue weighted by Crippen LogP contribution is 2.24. The summed E-state index contributed by atoms with van der Waals surface area (Å²) < 4.78 is 0. The zero-order valence-corrected chi connectivity index (χ0v) is 13.1. The number of benzene rings is 1.